The van der Waals surface area contributed by atoms with Gasteiger partial charge in [-0.2, -0.15) is 11.8 Å². The van der Waals surface area contributed by atoms with Gasteiger partial charge >= 0.3 is 0 Å². The summed E-state index contributed by atoms with van der Waals surface area (Å²) in [4.78, 5) is 0. The molecule has 14 heavy (non-hydrogen) atoms. The average Bonchev–Trinajstić information content (AvgIpc) is 2.10. The minimum Gasteiger partial charge on any atom is -0.323 e. The van der Waals surface area contributed by atoms with Gasteiger partial charge in [0.1, 0.15) is 0 Å². The summed E-state index contributed by atoms with van der Waals surface area (Å²) < 4.78 is 0. The Morgan fingerprint density at radius 3 is 2.79 bits per heavy atom. The van der Waals surface area contributed by atoms with Crippen LogP contribution in [-0.4, -0.2) is 5.25 Å². The van der Waals surface area contributed by atoms with Crippen LogP contribution in [-0.2, 0) is 5.75 Å². The lowest BCUT2D eigenvalue weighted by molar-refractivity contribution is 0.693. The number of fused-ring (bicyclic) bond motifs is 1. The summed E-state index contributed by atoms with van der Waals surface area (Å²) in [5.74, 6) is 1.12. The van der Waals surface area contributed by atoms with Crippen molar-refractivity contribution in [2.45, 2.75) is 37.8 Å². The maximum Gasteiger partial charge on any atom is 0.0418 e. The topological polar surface area (TPSA) is 26.0 Å². The molecule has 0 radical (unpaired) electrons. The lowest BCUT2D eigenvalue weighted by Crippen LogP contribution is -2.27. The van der Waals surface area contributed by atoms with Gasteiger partial charge in [0.15, 0.2) is 0 Å². The Morgan fingerprint density at radius 2 is 2.07 bits per heavy atom. The first-order valence-corrected chi connectivity index (χ1v) is 6.11. The first kappa shape index (κ1) is 10.1. The van der Waals surface area contributed by atoms with Gasteiger partial charge in [-0.25, -0.2) is 0 Å². The normalized spacial score (nSPS) is 26.0. The fourth-order valence-electron chi connectivity index (χ4n) is 2.22. The van der Waals surface area contributed by atoms with Gasteiger partial charge in [-0.1, -0.05) is 24.6 Å². The highest BCUT2D eigenvalue weighted by atomic mass is 32.2. The van der Waals surface area contributed by atoms with E-state index < -0.39 is 0 Å². The van der Waals surface area contributed by atoms with E-state index in [0.717, 1.165) is 5.75 Å². The highest BCUT2D eigenvalue weighted by molar-refractivity contribution is 7.99. The predicted octanol–water partition coefficient (Wildman–Crippen LogP) is 2.94. The van der Waals surface area contributed by atoms with Crippen molar-refractivity contribution in [1.82, 2.24) is 0 Å². The van der Waals surface area contributed by atoms with Crippen LogP contribution in [0, 0.1) is 13.8 Å². The molecule has 0 spiro atoms. The number of aryl methyl sites for hydroxylation is 2. The van der Waals surface area contributed by atoms with Gasteiger partial charge in [0.25, 0.3) is 0 Å². The molecule has 2 atom stereocenters. The van der Waals surface area contributed by atoms with Crippen molar-refractivity contribution in [3.8, 4) is 0 Å². The Balaban J connectivity index is 2.54. The summed E-state index contributed by atoms with van der Waals surface area (Å²) in [7, 11) is 0. The number of thioether (sulfide) groups is 1. The van der Waals surface area contributed by atoms with Gasteiger partial charge < -0.3 is 5.73 Å². The first-order valence-electron chi connectivity index (χ1n) is 5.07. The van der Waals surface area contributed by atoms with Crippen LogP contribution in [0.1, 0.15) is 35.2 Å². The number of benzene rings is 1. The van der Waals surface area contributed by atoms with E-state index in [1.807, 2.05) is 11.8 Å². The Hall–Kier alpha value is -0.470. The van der Waals surface area contributed by atoms with Gasteiger partial charge in [0, 0.05) is 17.0 Å². The van der Waals surface area contributed by atoms with Crippen LogP contribution in [0.2, 0.25) is 0 Å². The van der Waals surface area contributed by atoms with E-state index in [4.69, 9.17) is 5.73 Å². The molecule has 1 heterocycles. The Kier molecular flexibility index (Phi) is 2.58. The van der Waals surface area contributed by atoms with Crippen molar-refractivity contribution >= 4 is 11.8 Å². The van der Waals surface area contributed by atoms with E-state index in [0.29, 0.717) is 5.25 Å². The molecule has 1 aliphatic heterocycles. The third-order valence-electron chi connectivity index (χ3n) is 2.96. The zero-order valence-electron chi connectivity index (χ0n) is 9.00. The van der Waals surface area contributed by atoms with E-state index in [1.54, 1.807) is 0 Å². The predicted molar refractivity (Wildman–Crippen MR) is 63.6 cm³/mol. The van der Waals surface area contributed by atoms with Crippen molar-refractivity contribution in [1.29, 1.82) is 0 Å². The summed E-state index contributed by atoms with van der Waals surface area (Å²) in [5, 5.41) is 0.545. The largest absolute Gasteiger partial charge is 0.323 e. The molecule has 0 fully saturated rings. The zero-order valence-corrected chi connectivity index (χ0v) is 9.82. The summed E-state index contributed by atoms with van der Waals surface area (Å²) in [6, 6.07) is 4.73. The third-order valence-corrected chi connectivity index (χ3v) is 4.25. The molecule has 1 nitrogen and oxygen atoms in total. The molecule has 0 aromatic heterocycles. The van der Waals surface area contributed by atoms with Crippen LogP contribution in [0.4, 0.5) is 0 Å². The molecule has 0 saturated carbocycles. The summed E-state index contributed by atoms with van der Waals surface area (Å²) in [6.07, 6.45) is 0. The smallest absolute Gasteiger partial charge is 0.0418 e. The second kappa shape index (κ2) is 3.59. The molecule has 1 aromatic carbocycles. The molecule has 1 aliphatic rings. The van der Waals surface area contributed by atoms with Crippen molar-refractivity contribution in [3.63, 3.8) is 0 Å². The summed E-state index contributed by atoms with van der Waals surface area (Å²) >= 11 is 1.96. The Labute approximate surface area is 90.1 Å². The van der Waals surface area contributed by atoms with Crippen molar-refractivity contribution in [2.24, 2.45) is 5.73 Å². The van der Waals surface area contributed by atoms with Gasteiger partial charge in [0.05, 0.1) is 0 Å². The summed E-state index contributed by atoms with van der Waals surface area (Å²) in [5.41, 5.74) is 11.8. The molecule has 0 saturated heterocycles. The monoisotopic (exact) mass is 207 g/mol. The highest BCUT2D eigenvalue weighted by Crippen LogP contribution is 2.37. The molecule has 2 rings (SSSR count). The number of hydrogen-bond donors (Lipinski definition) is 1. The van der Waals surface area contributed by atoms with E-state index in [-0.39, 0.29) is 6.04 Å². The molecule has 1 aromatic rings. The van der Waals surface area contributed by atoms with E-state index in [2.05, 4.69) is 32.9 Å². The van der Waals surface area contributed by atoms with Gasteiger partial charge in [-0.15, -0.1) is 0 Å². The zero-order chi connectivity index (χ0) is 10.3. The lowest BCUT2D eigenvalue weighted by Gasteiger charge is -2.30. The van der Waals surface area contributed by atoms with Crippen LogP contribution in [0.25, 0.3) is 0 Å². The lowest BCUT2D eigenvalue weighted by atomic mass is 9.92. The summed E-state index contributed by atoms with van der Waals surface area (Å²) in [6.45, 7) is 6.55. The van der Waals surface area contributed by atoms with E-state index in [9.17, 15) is 0 Å². The SMILES string of the molecule is Cc1cc(C)c2c(c1)CSC(C)C2N. The Bertz CT molecular complexity index is 360. The minimum atomic E-state index is 0.212. The molecule has 76 valence electrons. The second-order valence-corrected chi connectivity index (χ2v) is 5.56. The second-order valence-electron chi connectivity index (χ2n) is 4.20. The fourth-order valence-corrected chi connectivity index (χ4v) is 3.25. The number of hydrogen-bond acceptors (Lipinski definition) is 2. The minimum absolute atomic E-state index is 0.212. The maximum atomic E-state index is 6.22. The fraction of sp³-hybridized carbons (Fsp3) is 0.500. The molecular weight excluding hydrogens is 190 g/mol. The molecule has 0 bridgehead atoms. The van der Waals surface area contributed by atoms with Crippen LogP contribution in [0.15, 0.2) is 12.1 Å². The standard InChI is InChI=1S/C12H17NS/c1-7-4-8(2)11-10(5-7)6-14-9(3)12(11)13/h4-5,9,12H,6,13H2,1-3H3. The van der Waals surface area contributed by atoms with E-state index >= 15 is 0 Å². The highest BCUT2D eigenvalue weighted by Gasteiger charge is 2.25. The van der Waals surface area contributed by atoms with E-state index in [1.165, 1.54) is 22.3 Å². The van der Waals surface area contributed by atoms with Crippen molar-refractivity contribution in [3.05, 3.63) is 34.4 Å². The number of nitrogens with two attached hydrogens (primary N) is 1. The number of rotatable bonds is 0. The molecule has 0 aliphatic carbocycles. The molecule has 2 heteroatoms. The van der Waals surface area contributed by atoms with Crippen LogP contribution in [0.5, 0.6) is 0 Å². The first-order chi connectivity index (χ1) is 6.59. The third kappa shape index (κ3) is 1.57. The van der Waals surface area contributed by atoms with Crippen molar-refractivity contribution in [2.75, 3.05) is 0 Å². The average molecular weight is 207 g/mol. The van der Waals surface area contributed by atoms with Crippen molar-refractivity contribution < 1.29 is 0 Å². The molecule has 2 unspecified atom stereocenters. The van der Waals surface area contributed by atoms with Crippen LogP contribution in [0.3, 0.4) is 0 Å². The van der Waals surface area contributed by atoms with Gasteiger partial charge in [0.2, 0.25) is 0 Å². The van der Waals surface area contributed by atoms with Crippen LogP contribution >= 0.6 is 11.8 Å². The van der Waals surface area contributed by atoms with Crippen LogP contribution < -0.4 is 5.73 Å². The maximum absolute atomic E-state index is 6.22. The van der Waals surface area contributed by atoms with Gasteiger partial charge in [-0.3, -0.25) is 0 Å². The molecule has 2 N–H and O–H groups in total. The molecular formula is C12H17NS. The Morgan fingerprint density at radius 1 is 1.36 bits per heavy atom. The quantitative estimate of drug-likeness (QED) is 0.708. The molecule has 0 amide bonds. The van der Waals surface area contributed by atoms with Gasteiger partial charge in [-0.05, 0) is 30.5 Å².